The normalized spacial score (nSPS) is 11.8. The molecule has 1 unspecified atom stereocenters. The van der Waals surface area contributed by atoms with E-state index in [4.69, 9.17) is 4.74 Å². The maximum atomic E-state index is 12.6. The number of nitrogens with zero attached hydrogens (tertiary/aromatic N) is 3. The highest BCUT2D eigenvalue weighted by atomic mass is 16.5. The number of esters is 1. The molecule has 0 aliphatic heterocycles. The van der Waals surface area contributed by atoms with E-state index in [0.717, 1.165) is 22.5 Å². The Labute approximate surface area is 174 Å². The van der Waals surface area contributed by atoms with Gasteiger partial charge in [-0.3, -0.25) is 14.2 Å². The van der Waals surface area contributed by atoms with E-state index in [1.165, 1.54) is 6.92 Å². The molecule has 0 aliphatic carbocycles. The number of rotatable bonds is 6. The average molecular weight is 399 g/mol. The average Bonchev–Trinajstić information content (AvgIpc) is 3.21. The molecule has 4 aromatic rings. The van der Waals surface area contributed by atoms with Crippen LogP contribution < -0.4 is 5.56 Å². The van der Waals surface area contributed by atoms with Gasteiger partial charge in [0, 0.05) is 31.4 Å². The Morgan fingerprint density at radius 2 is 1.73 bits per heavy atom. The van der Waals surface area contributed by atoms with Crippen molar-refractivity contribution in [1.29, 1.82) is 0 Å². The van der Waals surface area contributed by atoms with Gasteiger partial charge in [0.25, 0.3) is 5.56 Å². The van der Waals surface area contributed by atoms with Gasteiger partial charge in [0.1, 0.15) is 0 Å². The van der Waals surface area contributed by atoms with Gasteiger partial charge in [-0.2, -0.15) is 0 Å². The van der Waals surface area contributed by atoms with E-state index in [0.29, 0.717) is 6.54 Å². The lowest BCUT2D eigenvalue weighted by molar-refractivity contribution is -0.145. The van der Waals surface area contributed by atoms with Crippen molar-refractivity contribution in [2.45, 2.75) is 19.6 Å². The largest absolute Gasteiger partial charge is 0.451 e. The van der Waals surface area contributed by atoms with E-state index in [2.05, 4.69) is 4.98 Å². The Hall–Kier alpha value is -3.93. The quantitative estimate of drug-likeness (QED) is 0.464. The standard InChI is InChI=1S/C24H21N3O3/c1-18(28)30-24(20-8-4-2-5-9-20)22-15-25-17-26(22)16-19-12-13-27(23(29)14-19)21-10-6-3-7-11-21/h2-15,17,24H,16H2,1H3. The molecule has 30 heavy (non-hydrogen) atoms. The van der Waals surface area contributed by atoms with E-state index in [-0.39, 0.29) is 11.5 Å². The molecule has 0 N–H and O–H groups in total. The summed E-state index contributed by atoms with van der Waals surface area (Å²) in [6, 6.07) is 22.5. The Morgan fingerprint density at radius 1 is 1.03 bits per heavy atom. The molecular weight excluding hydrogens is 378 g/mol. The topological polar surface area (TPSA) is 66.1 Å². The van der Waals surface area contributed by atoms with Crippen LogP contribution in [0.25, 0.3) is 5.69 Å². The van der Waals surface area contributed by atoms with Gasteiger partial charge in [-0.15, -0.1) is 0 Å². The van der Waals surface area contributed by atoms with E-state index in [9.17, 15) is 9.59 Å². The molecule has 0 fully saturated rings. The first kappa shape index (κ1) is 19.4. The molecule has 0 radical (unpaired) electrons. The van der Waals surface area contributed by atoms with E-state index < -0.39 is 6.10 Å². The Balaban J connectivity index is 1.64. The lowest BCUT2D eigenvalue weighted by atomic mass is 10.1. The Bertz CT molecular complexity index is 1200. The minimum Gasteiger partial charge on any atom is -0.451 e. The van der Waals surface area contributed by atoms with Gasteiger partial charge in [-0.1, -0.05) is 48.5 Å². The van der Waals surface area contributed by atoms with Crippen molar-refractivity contribution in [2.75, 3.05) is 0 Å². The SMILES string of the molecule is CC(=O)OC(c1ccccc1)c1cncn1Cc1ccn(-c2ccccc2)c(=O)c1. The van der Waals surface area contributed by atoms with Crippen LogP contribution in [0.3, 0.4) is 0 Å². The maximum Gasteiger partial charge on any atom is 0.303 e. The summed E-state index contributed by atoms with van der Waals surface area (Å²) in [5.41, 5.74) is 3.13. The fourth-order valence-corrected chi connectivity index (χ4v) is 3.39. The lowest BCUT2D eigenvalue weighted by Gasteiger charge is -2.19. The second kappa shape index (κ2) is 8.61. The number of ether oxygens (including phenoxy) is 1. The van der Waals surface area contributed by atoms with Crippen LogP contribution in [0.15, 0.2) is 96.3 Å². The van der Waals surface area contributed by atoms with Crippen LogP contribution in [0.1, 0.15) is 29.8 Å². The van der Waals surface area contributed by atoms with Crippen LogP contribution in [0, 0.1) is 0 Å². The second-order valence-electron chi connectivity index (χ2n) is 6.93. The molecule has 2 aromatic heterocycles. The van der Waals surface area contributed by atoms with Gasteiger partial charge in [-0.05, 0) is 29.3 Å². The minimum absolute atomic E-state index is 0.111. The molecule has 2 aromatic carbocycles. The van der Waals surface area contributed by atoms with E-state index >= 15 is 0 Å². The van der Waals surface area contributed by atoms with Crippen molar-refractivity contribution >= 4 is 5.97 Å². The zero-order valence-corrected chi connectivity index (χ0v) is 16.5. The minimum atomic E-state index is -0.573. The molecule has 0 aliphatic rings. The third kappa shape index (κ3) is 4.22. The third-order valence-corrected chi connectivity index (χ3v) is 4.77. The number of hydrogen-bond donors (Lipinski definition) is 0. The van der Waals surface area contributed by atoms with Crippen LogP contribution in [0.2, 0.25) is 0 Å². The van der Waals surface area contributed by atoms with Gasteiger partial charge in [0.05, 0.1) is 18.2 Å². The first-order valence-corrected chi connectivity index (χ1v) is 9.61. The number of carbonyl (C=O) groups is 1. The van der Waals surface area contributed by atoms with Gasteiger partial charge in [-0.25, -0.2) is 4.98 Å². The summed E-state index contributed by atoms with van der Waals surface area (Å²) in [6.07, 6.45) is 4.56. The van der Waals surface area contributed by atoms with Crippen molar-refractivity contribution in [3.05, 3.63) is 119 Å². The van der Waals surface area contributed by atoms with Gasteiger partial charge >= 0.3 is 5.97 Å². The van der Waals surface area contributed by atoms with Gasteiger partial charge < -0.3 is 9.30 Å². The highest BCUT2D eigenvalue weighted by Gasteiger charge is 2.21. The van der Waals surface area contributed by atoms with E-state index in [1.807, 2.05) is 71.3 Å². The number of para-hydroxylation sites is 1. The van der Waals surface area contributed by atoms with Gasteiger partial charge in [0.2, 0.25) is 0 Å². The predicted octanol–water partition coefficient (Wildman–Crippen LogP) is 3.73. The van der Waals surface area contributed by atoms with Crippen molar-refractivity contribution in [2.24, 2.45) is 0 Å². The summed E-state index contributed by atoms with van der Waals surface area (Å²) in [4.78, 5) is 28.6. The predicted molar refractivity (Wildman–Crippen MR) is 113 cm³/mol. The number of carbonyl (C=O) groups excluding carboxylic acids is 1. The molecule has 0 spiro atoms. The van der Waals surface area contributed by atoms with Crippen LogP contribution in [0.5, 0.6) is 0 Å². The molecule has 2 heterocycles. The van der Waals surface area contributed by atoms with E-state index in [1.54, 1.807) is 29.4 Å². The van der Waals surface area contributed by atoms with Crippen molar-refractivity contribution in [1.82, 2.24) is 14.1 Å². The summed E-state index contributed by atoms with van der Waals surface area (Å²) < 4.78 is 9.09. The first-order chi connectivity index (χ1) is 14.6. The molecule has 0 saturated heterocycles. The van der Waals surface area contributed by atoms with Crippen LogP contribution in [-0.4, -0.2) is 20.1 Å². The van der Waals surface area contributed by atoms with Crippen molar-refractivity contribution in [3.63, 3.8) is 0 Å². The number of pyridine rings is 1. The molecule has 0 saturated carbocycles. The molecule has 0 amide bonds. The summed E-state index contributed by atoms with van der Waals surface area (Å²) in [6.45, 7) is 1.82. The zero-order chi connectivity index (χ0) is 20.9. The number of aromatic nitrogens is 3. The molecular formula is C24H21N3O3. The lowest BCUT2D eigenvalue weighted by Crippen LogP contribution is -2.19. The molecule has 6 nitrogen and oxygen atoms in total. The first-order valence-electron chi connectivity index (χ1n) is 9.61. The van der Waals surface area contributed by atoms with Crippen LogP contribution >= 0.6 is 0 Å². The molecule has 150 valence electrons. The second-order valence-corrected chi connectivity index (χ2v) is 6.93. The van der Waals surface area contributed by atoms with Crippen molar-refractivity contribution in [3.8, 4) is 5.69 Å². The Kier molecular flexibility index (Phi) is 5.57. The fourth-order valence-electron chi connectivity index (χ4n) is 3.39. The number of imidazole rings is 1. The highest BCUT2D eigenvalue weighted by Crippen LogP contribution is 2.26. The summed E-state index contributed by atoms with van der Waals surface area (Å²) in [5.74, 6) is -0.373. The molecule has 4 rings (SSSR count). The van der Waals surface area contributed by atoms with Crippen LogP contribution in [0.4, 0.5) is 0 Å². The summed E-state index contributed by atoms with van der Waals surface area (Å²) in [7, 11) is 0. The van der Waals surface area contributed by atoms with Crippen molar-refractivity contribution < 1.29 is 9.53 Å². The number of hydrogen-bond acceptors (Lipinski definition) is 4. The smallest absolute Gasteiger partial charge is 0.303 e. The maximum absolute atomic E-state index is 12.6. The number of benzene rings is 2. The zero-order valence-electron chi connectivity index (χ0n) is 16.5. The van der Waals surface area contributed by atoms with Gasteiger partial charge in [0.15, 0.2) is 6.10 Å². The monoisotopic (exact) mass is 399 g/mol. The summed E-state index contributed by atoms with van der Waals surface area (Å²) in [5, 5.41) is 0. The fraction of sp³-hybridized carbons (Fsp3) is 0.125. The Morgan fingerprint density at radius 3 is 2.40 bits per heavy atom. The van der Waals surface area contributed by atoms with Crippen LogP contribution in [-0.2, 0) is 16.1 Å². The highest BCUT2D eigenvalue weighted by molar-refractivity contribution is 5.66. The molecule has 1 atom stereocenters. The molecule has 6 heteroatoms. The molecule has 0 bridgehead atoms. The summed E-state index contributed by atoms with van der Waals surface area (Å²) >= 11 is 0. The third-order valence-electron chi connectivity index (χ3n) is 4.77.